The lowest BCUT2D eigenvalue weighted by molar-refractivity contribution is -0.126. The Morgan fingerprint density at radius 1 is 1.13 bits per heavy atom. The van der Waals surface area contributed by atoms with Crippen molar-refractivity contribution in [1.29, 1.82) is 0 Å². The van der Waals surface area contributed by atoms with Gasteiger partial charge >= 0.3 is 0 Å². The molecule has 2 aromatic heterocycles. The molecule has 0 radical (unpaired) electrons. The van der Waals surface area contributed by atoms with E-state index in [0.29, 0.717) is 5.95 Å². The monoisotopic (exact) mass is 404 g/mol. The van der Waals surface area contributed by atoms with Gasteiger partial charge in [-0.2, -0.15) is 10.1 Å². The number of nitrogens with zero attached hydrogens (tertiary/aromatic N) is 5. The maximum Gasteiger partial charge on any atom is 0.227 e. The van der Waals surface area contributed by atoms with E-state index in [4.69, 9.17) is 4.98 Å². The average Bonchev–Trinajstić information content (AvgIpc) is 3.12. The van der Waals surface area contributed by atoms with Gasteiger partial charge in [0.2, 0.25) is 11.9 Å². The Morgan fingerprint density at radius 2 is 1.87 bits per heavy atom. The summed E-state index contributed by atoms with van der Waals surface area (Å²) in [6.07, 6.45) is 3.36. The van der Waals surface area contributed by atoms with Crippen molar-refractivity contribution in [2.75, 3.05) is 18.0 Å². The molecule has 1 aliphatic rings. The van der Waals surface area contributed by atoms with Crippen molar-refractivity contribution in [2.45, 2.75) is 39.7 Å². The summed E-state index contributed by atoms with van der Waals surface area (Å²) < 4.78 is 1.84. The van der Waals surface area contributed by atoms with Crippen LogP contribution in [-0.2, 0) is 4.79 Å². The number of amides is 1. The van der Waals surface area contributed by atoms with Crippen LogP contribution in [0.2, 0.25) is 0 Å². The number of nitrogens with one attached hydrogen (secondary N) is 1. The molecule has 4 rings (SSSR count). The molecule has 0 unspecified atom stereocenters. The summed E-state index contributed by atoms with van der Waals surface area (Å²) in [5, 5.41) is 7.67. The van der Waals surface area contributed by atoms with Gasteiger partial charge in [0.05, 0.1) is 11.7 Å². The first-order valence-corrected chi connectivity index (χ1v) is 10.5. The van der Waals surface area contributed by atoms with E-state index in [1.807, 2.05) is 67.9 Å². The van der Waals surface area contributed by atoms with Crippen molar-refractivity contribution in [3.05, 3.63) is 65.6 Å². The number of carbonyl (C=O) groups excluding carboxylic acids is 1. The second-order valence-electron chi connectivity index (χ2n) is 7.96. The minimum atomic E-state index is 0.0116. The van der Waals surface area contributed by atoms with Gasteiger partial charge in [-0.1, -0.05) is 30.3 Å². The average molecular weight is 405 g/mol. The van der Waals surface area contributed by atoms with Crippen LogP contribution < -0.4 is 10.2 Å². The normalized spacial score (nSPS) is 15.8. The molecule has 1 atom stereocenters. The first-order valence-electron chi connectivity index (χ1n) is 10.5. The number of aromatic nitrogens is 4. The molecule has 3 aromatic rings. The predicted molar refractivity (Wildman–Crippen MR) is 117 cm³/mol. The molecule has 1 fully saturated rings. The Hall–Kier alpha value is -3.22. The predicted octanol–water partition coefficient (Wildman–Crippen LogP) is 3.37. The van der Waals surface area contributed by atoms with Crippen LogP contribution in [0.3, 0.4) is 0 Å². The third kappa shape index (κ3) is 4.35. The Labute approximate surface area is 177 Å². The van der Waals surface area contributed by atoms with E-state index in [-0.39, 0.29) is 17.9 Å². The minimum absolute atomic E-state index is 0.0116. The summed E-state index contributed by atoms with van der Waals surface area (Å²) in [6, 6.07) is 14.0. The van der Waals surface area contributed by atoms with E-state index in [1.165, 1.54) is 0 Å². The number of rotatable bonds is 5. The molecular formula is C23H28N6O. The standard InChI is InChI=1S/C23H28N6O/c1-16-15-17(2)29(27-16)21-9-12-24-23(26-21)28-13-10-20(11-14-28)22(30)25-18(3)19-7-5-4-6-8-19/h4-9,12,15,18,20H,10-11,13-14H2,1-3H3,(H,25,30)/t18-/m1/s1. The highest BCUT2D eigenvalue weighted by atomic mass is 16.1. The molecule has 7 heteroatoms. The van der Waals surface area contributed by atoms with Crippen molar-refractivity contribution >= 4 is 11.9 Å². The molecule has 1 aliphatic heterocycles. The molecule has 0 spiro atoms. The zero-order chi connectivity index (χ0) is 21.1. The lowest BCUT2D eigenvalue weighted by atomic mass is 9.95. The van der Waals surface area contributed by atoms with Gasteiger partial charge in [0.1, 0.15) is 0 Å². The Kier molecular flexibility index (Phi) is 5.79. The fourth-order valence-corrected chi connectivity index (χ4v) is 3.97. The van der Waals surface area contributed by atoms with E-state index in [1.54, 1.807) is 6.20 Å². The first-order chi connectivity index (χ1) is 14.5. The van der Waals surface area contributed by atoms with Crippen LogP contribution in [0, 0.1) is 19.8 Å². The lowest BCUT2D eigenvalue weighted by Crippen LogP contribution is -2.41. The van der Waals surface area contributed by atoms with Gasteiger partial charge < -0.3 is 10.2 Å². The highest BCUT2D eigenvalue weighted by Crippen LogP contribution is 2.23. The SMILES string of the molecule is Cc1cc(C)n(-c2ccnc(N3CCC(C(=O)N[C@H](C)c4ccccc4)CC3)n2)n1. The summed E-state index contributed by atoms with van der Waals surface area (Å²) >= 11 is 0. The van der Waals surface area contributed by atoms with Crippen LogP contribution in [0.25, 0.3) is 5.82 Å². The number of benzene rings is 1. The zero-order valence-electron chi connectivity index (χ0n) is 17.7. The minimum Gasteiger partial charge on any atom is -0.349 e. The summed E-state index contributed by atoms with van der Waals surface area (Å²) in [7, 11) is 0. The molecule has 156 valence electrons. The summed E-state index contributed by atoms with van der Waals surface area (Å²) in [5.74, 6) is 1.61. The second-order valence-corrected chi connectivity index (χ2v) is 7.96. The number of hydrogen-bond acceptors (Lipinski definition) is 5. The molecule has 1 N–H and O–H groups in total. The van der Waals surface area contributed by atoms with Crippen molar-refractivity contribution in [3.63, 3.8) is 0 Å². The van der Waals surface area contributed by atoms with E-state index >= 15 is 0 Å². The number of hydrogen-bond donors (Lipinski definition) is 1. The third-order valence-corrected chi connectivity index (χ3v) is 5.66. The number of piperidine rings is 1. The lowest BCUT2D eigenvalue weighted by Gasteiger charge is -2.32. The molecule has 1 aromatic carbocycles. The van der Waals surface area contributed by atoms with Gasteiger partial charge in [-0.05, 0) is 45.2 Å². The van der Waals surface area contributed by atoms with Gasteiger partial charge in [-0.3, -0.25) is 4.79 Å². The first kappa shape index (κ1) is 20.1. The van der Waals surface area contributed by atoms with Crippen LogP contribution >= 0.6 is 0 Å². The van der Waals surface area contributed by atoms with E-state index < -0.39 is 0 Å². The molecule has 1 amide bonds. The van der Waals surface area contributed by atoms with Crippen molar-refractivity contribution in [2.24, 2.45) is 5.92 Å². The number of carbonyl (C=O) groups is 1. The topological polar surface area (TPSA) is 75.9 Å². The Morgan fingerprint density at radius 3 is 2.53 bits per heavy atom. The van der Waals surface area contributed by atoms with Crippen molar-refractivity contribution < 1.29 is 4.79 Å². The van der Waals surface area contributed by atoms with Gasteiger partial charge in [0.15, 0.2) is 5.82 Å². The summed E-state index contributed by atoms with van der Waals surface area (Å²) in [5.41, 5.74) is 3.13. The second kappa shape index (κ2) is 8.65. The molecule has 3 heterocycles. The fourth-order valence-electron chi connectivity index (χ4n) is 3.97. The smallest absolute Gasteiger partial charge is 0.227 e. The van der Waals surface area contributed by atoms with Gasteiger partial charge in [0, 0.05) is 37.0 Å². The maximum atomic E-state index is 12.7. The Balaban J connectivity index is 1.37. The van der Waals surface area contributed by atoms with E-state index in [2.05, 4.69) is 20.3 Å². The van der Waals surface area contributed by atoms with Crippen LogP contribution in [-0.4, -0.2) is 38.7 Å². The maximum absolute atomic E-state index is 12.7. The highest BCUT2D eigenvalue weighted by Gasteiger charge is 2.27. The molecular weight excluding hydrogens is 376 g/mol. The van der Waals surface area contributed by atoms with Crippen molar-refractivity contribution in [3.8, 4) is 5.82 Å². The quantitative estimate of drug-likeness (QED) is 0.706. The molecule has 0 saturated carbocycles. The number of anilines is 1. The largest absolute Gasteiger partial charge is 0.349 e. The van der Waals surface area contributed by atoms with E-state index in [9.17, 15) is 4.79 Å². The van der Waals surface area contributed by atoms with Gasteiger partial charge in [-0.15, -0.1) is 0 Å². The summed E-state index contributed by atoms with van der Waals surface area (Å²) in [4.78, 5) is 24.1. The van der Waals surface area contributed by atoms with E-state index in [0.717, 1.165) is 48.7 Å². The van der Waals surface area contributed by atoms with Crippen LogP contribution in [0.4, 0.5) is 5.95 Å². The van der Waals surface area contributed by atoms with Gasteiger partial charge in [0.25, 0.3) is 0 Å². The van der Waals surface area contributed by atoms with Gasteiger partial charge in [-0.25, -0.2) is 9.67 Å². The van der Waals surface area contributed by atoms with Crippen LogP contribution in [0.5, 0.6) is 0 Å². The Bertz CT molecular complexity index is 1010. The molecule has 0 bridgehead atoms. The molecule has 7 nitrogen and oxygen atoms in total. The fraction of sp³-hybridized carbons (Fsp3) is 0.391. The van der Waals surface area contributed by atoms with Crippen LogP contribution in [0.1, 0.15) is 42.8 Å². The van der Waals surface area contributed by atoms with Crippen LogP contribution in [0.15, 0.2) is 48.7 Å². The molecule has 30 heavy (non-hydrogen) atoms. The zero-order valence-corrected chi connectivity index (χ0v) is 17.7. The molecule has 1 saturated heterocycles. The number of aryl methyl sites for hydroxylation is 2. The third-order valence-electron chi connectivity index (χ3n) is 5.66. The highest BCUT2D eigenvalue weighted by molar-refractivity contribution is 5.79. The van der Waals surface area contributed by atoms with Crippen molar-refractivity contribution in [1.82, 2.24) is 25.1 Å². The summed E-state index contributed by atoms with van der Waals surface area (Å²) in [6.45, 7) is 7.54. The molecule has 0 aliphatic carbocycles.